The normalized spacial score (nSPS) is 9.67. The van der Waals surface area contributed by atoms with Gasteiger partial charge < -0.3 is 5.32 Å². The van der Waals surface area contributed by atoms with Gasteiger partial charge in [-0.15, -0.1) is 6.58 Å². The van der Waals surface area contributed by atoms with Crippen LogP contribution < -0.4 is 5.32 Å². The Bertz CT molecular complexity index is 344. The van der Waals surface area contributed by atoms with Crippen molar-refractivity contribution in [3.63, 3.8) is 0 Å². The Morgan fingerprint density at radius 1 is 1.53 bits per heavy atom. The van der Waals surface area contributed by atoms with Crippen molar-refractivity contribution in [1.29, 1.82) is 0 Å². The first-order chi connectivity index (χ1) is 7.26. The van der Waals surface area contributed by atoms with Gasteiger partial charge in [-0.05, 0) is 30.5 Å². The van der Waals surface area contributed by atoms with Crippen LogP contribution in [0, 0.1) is 0 Å². The summed E-state index contributed by atoms with van der Waals surface area (Å²) in [4.78, 5) is 11.4. The summed E-state index contributed by atoms with van der Waals surface area (Å²) in [5.74, 6) is 0.0446. The van der Waals surface area contributed by atoms with E-state index in [1.807, 2.05) is 18.2 Å². The highest BCUT2D eigenvalue weighted by Gasteiger charge is 2.00. The molecule has 2 nitrogen and oxygen atoms in total. The Kier molecular flexibility index (Phi) is 4.61. The van der Waals surface area contributed by atoms with Crippen LogP contribution in [0.3, 0.4) is 0 Å². The van der Waals surface area contributed by atoms with Gasteiger partial charge in [0.15, 0.2) is 0 Å². The highest BCUT2D eigenvalue weighted by atomic mass is 16.1. The van der Waals surface area contributed by atoms with Gasteiger partial charge >= 0.3 is 0 Å². The minimum absolute atomic E-state index is 0.0446. The quantitative estimate of drug-likeness (QED) is 0.732. The fourth-order valence-electron chi connectivity index (χ4n) is 1.33. The van der Waals surface area contributed by atoms with Crippen molar-refractivity contribution in [2.45, 2.75) is 26.2 Å². The lowest BCUT2D eigenvalue weighted by Crippen LogP contribution is -2.10. The van der Waals surface area contributed by atoms with Crippen molar-refractivity contribution in [2.75, 3.05) is 5.32 Å². The van der Waals surface area contributed by atoms with Crippen LogP contribution in [0.4, 0.5) is 5.69 Å². The molecule has 0 saturated carbocycles. The molecule has 0 unspecified atom stereocenters. The zero-order valence-electron chi connectivity index (χ0n) is 9.12. The van der Waals surface area contributed by atoms with Crippen LogP contribution in [0.5, 0.6) is 0 Å². The van der Waals surface area contributed by atoms with E-state index in [1.165, 1.54) is 5.56 Å². The maximum absolute atomic E-state index is 11.4. The number of allylic oxidation sites excluding steroid dienone is 1. The molecular formula is C13H17NO. The molecule has 0 atom stereocenters. The molecule has 15 heavy (non-hydrogen) atoms. The molecule has 80 valence electrons. The average molecular weight is 203 g/mol. The Hall–Kier alpha value is -1.57. The molecular weight excluding hydrogens is 186 g/mol. The fourth-order valence-corrected chi connectivity index (χ4v) is 1.33. The Morgan fingerprint density at radius 3 is 3.00 bits per heavy atom. The van der Waals surface area contributed by atoms with E-state index in [1.54, 1.807) is 6.08 Å². The van der Waals surface area contributed by atoms with Gasteiger partial charge in [0.2, 0.25) is 5.91 Å². The number of hydrogen-bond donors (Lipinski definition) is 1. The number of benzene rings is 1. The molecule has 0 heterocycles. The summed E-state index contributed by atoms with van der Waals surface area (Å²) < 4.78 is 0. The predicted octanol–water partition coefficient (Wildman–Crippen LogP) is 3.15. The molecule has 0 saturated heterocycles. The van der Waals surface area contributed by atoms with Gasteiger partial charge in [0.1, 0.15) is 0 Å². The largest absolute Gasteiger partial charge is 0.326 e. The summed E-state index contributed by atoms with van der Waals surface area (Å²) in [6.07, 6.45) is 3.96. The van der Waals surface area contributed by atoms with Gasteiger partial charge in [0, 0.05) is 12.1 Å². The number of carbonyl (C=O) groups is 1. The predicted molar refractivity (Wildman–Crippen MR) is 63.9 cm³/mol. The number of aryl methyl sites for hydroxylation is 1. The van der Waals surface area contributed by atoms with Crippen molar-refractivity contribution in [3.8, 4) is 0 Å². The summed E-state index contributed by atoms with van der Waals surface area (Å²) in [5, 5.41) is 2.86. The maximum Gasteiger partial charge on any atom is 0.224 e. The third-order valence-corrected chi connectivity index (χ3v) is 2.19. The van der Waals surface area contributed by atoms with Gasteiger partial charge in [0.25, 0.3) is 0 Å². The van der Waals surface area contributed by atoms with Crippen molar-refractivity contribution in [1.82, 2.24) is 0 Å². The van der Waals surface area contributed by atoms with E-state index in [4.69, 9.17) is 0 Å². The topological polar surface area (TPSA) is 29.1 Å². The minimum atomic E-state index is 0.0446. The minimum Gasteiger partial charge on any atom is -0.326 e. The number of rotatable bonds is 5. The molecule has 1 amide bonds. The van der Waals surface area contributed by atoms with Crippen LogP contribution >= 0.6 is 0 Å². The molecule has 1 rings (SSSR count). The van der Waals surface area contributed by atoms with Gasteiger partial charge in [-0.1, -0.05) is 25.1 Å². The third-order valence-electron chi connectivity index (χ3n) is 2.19. The standard InChI is InChI=1S/C13H17NO/c1-3-5-9-13(15)14-12-8-6-7-11(4-2)10-12/h3,6-8,10H,1,4-5,9H2,2H3,(H,14,15). The average Bonchev–Trinajstić information content (AvgIpc) is 2.26. The Morgan fingerprint density at radius 2 is 2.33 bits per heavy atom. The first kappa shape index (κ1) is 11.5. The van der Waals surface area contributed by atoms with E-state index in [-0.39, 0.29) is 5.91 Å². The molecule has 0 aliphatic heterocycles. The maximum atomic E-state index is 11.4. The van der Waals surface area contributed by atoms with E-state index in [2.05, 4.69) is 24.9 Å². The van der Waals surface area contributed by atoms with E-state index in [9.17, 15) is 4.79 Å². The number of anilines is 1. The van der Waals surface area contributed by atoms with Crippen LogP contribution in [-0.4, -0.2) is 5.91 Å². The molecule has 0 radical (unpaired) electrons. The highest BCUT2D eigenvalue weighted by Crippen LogP contribution is 2.11. The Balaban J connectivity index is 2.55. The second kappa shape index (κ2) is 6.02. The van der Waals surface area contributed by atoms with E-state index < -0.39 is 0 Å². The third kappa shape index (κ3) is 3.98. The van der Waals surface area contributed by atoms with Gasteiger partial charge in [-0.2, -0.15) is 0 Å². The zero-order chi connectivity index (χ0) is 11.1. The van der Waals surface area contributed by atoms with E-state index in [0.29, 0.717) is 6.42 Å². The smallest absolute Gasteiger partial charge is 0.224 e. The van der Waals surface area contributed by atoms with Crippen molar-refractivity contribution in [2.24, 2.45) is 0 Å². The van der Waals surface area contributed by atoms with Crippen LogP contribution in [0.15, 0.2) is 36.9 Å². The highest BCUT2D eigenvalue weighted by molar-refractivity contribution is 5.90. The van der Waals surface area contributed by atoms with Crippen LogP contribution in [-0.2, 0) is 11.2 Å². The number of hydrogen-bond acceptors (Lipinski definition) is 1. The number of carbonyl (C=O) groups excluding carboxylic acids is 1. The van der Waals surface area contributed by atoms with Crippen LogP contribution in [0.25, 0.3) is 0 Å². The second-order valence-corrected chi connectivity index (χ2v) is 3.43. The van der Waals surface area contributed by atoms with Crippen LogP contribution in [0.2, 0.25) is 0 Å². The summed E-state index contributed by atoms with van der Waals surface area (Å²) in [6.45, 7) is 5.68. The second-order valence-electron chi connectivity index (χ2n) is 3.43. The first-order valence-electron chi connectivity index (χ1n) is 5.26. The summed E-state index contributed by atoms with van der Waals surface area (Å²) >= 11 is 0. The van der Waals surface area contributed by atoms with Crippen molar-refractivity contribution < 1.29 is 4.79 Å². The SMILES string of the molecule is C=CCCC(=O)Nc1cccc(CC)c1. The van der Waals surface area contributed by atoms with Crippen molar-refractivity contribution in [3.05, 3.63) is 42.5 Å². The molecule has 0 bridgehead atoms. The van der Waals surface area contributed by atoms with Gasteiger partial charge in [-0.3, -0.25) is 4.79 Å². The van der Waals surface area contributed by atoms with Gasteiger partial charge in [-0.25, -0.2) is 0 Å². The molecule has 0 aliphatic rings. The first-order valence-corrected chi connectivity index (χ1v) is 5.26. The van der Waals surface area contributed by atoms with E-state index in [0.717, 1.165) is 18.5 Å². The molecule has 1 aromatic carbocycles. The van der Waals surface area contributed by atoms with Crippen molar-refractivity contribution >= 4 is 11.6 Å². The summed E-state index contributed by atoms with van der Waals surface area (Å²) in [7, 11) is 0. The monoisotopic (exact) mass is 203 g/mol. The number of nitrogens with one attached hydrogen (secondary N) is 1. The lowest BCUT2D eigenvalue weighted by molar-refractivity contribution is -0.116. The lowest BCUT2D eigenvalue weighted by atomic mass is 10.1. The molecule has 0 fully saturated rings. The molecule has 0 aromatic heterocycles. The molecule has 1 N–H and O–H groups in total. The molecule has 0 spiro atoms. The Labute approximate surface area is 91.0 Å². The summed E-state index contributed by atoms with van der Waals surface area (Å²) in [6, 6.07) is 7.93. The van der Waals surface area contributed by atoms with Crippen LogP contribution in [0.1, 0.15) is 25.3 Å². The summed E-state index contributed by atoms with van der Waals surface area (Å²) in [5.41, 5.74) is 2.11. The lowest BCUT2D eigenvalue weighted by Gasteiger charge is -2.05. The molecule has 0 aliphatic carbocycles. The van der Waals surface area contributed by atoms with E-state index >= 15 is 0 Å². The van der Waals surface area contributed by atoms with Gasteiger partial charge in [0.05, 0.1) is 0 Å². The molecule has 1 aromatic rings. The fraction of sp³-hybridized carbons (Fsp3) is 0.308. The molecule has 2 heteroatoms. The zero-order valence-corrected chi connectivity index (χ0v) is 9.12. The number of amides is 1.